The third-order valence-electron chi connectivity index (χ3n) is 6.98. The van der Waals surface area contributed by atoms with Crippen molar-refractivity contribution in [1.29, 1.82) is 0 Å². The summed E-state index contributed by atoms with van der Waals surface area (Å²) in [5, 5.41) is 3.68. The summed E-state index contributed by atoms with van der Waals surface area (Å²) in [4.78, 5) is 29.5. The smallest absolute Gasteiger partial charge is 0.264 e. The molecule has 0 aliphatic carbocycles. The van der Waals surface area contributed by atoms with Crippen molar-refractivity contribution in [2.45, 2.75) is 37.8 Å². The van der Waals surface area contributed by atoms with Gasteiger partial charge in [0.25, 0.3) is 10.0 Å². The number of carbonyl (C=O) groups is 2. The van der Waals surface area contributed by atoms with E-state index in [0.717, 1.165) is 9.87 Å². The van der Waals surface area contributed by atoms with Crippen LogP contribution in [0.2, 0.25) is 10.0 Å². The van der Waals surface area contributed by atoms with E-state index in [1.54, 1.807) is 62.4 Å². The second-order valence-corrected chi connectivity index (χ2v) is 12.9. The first-order valence-electron chi connectivity index (χ1n) is 14.5. The molecule has 0 aromatic heterocycles. The van der Waals surface area contributed by atoms with E-state index in [9.17, 15) is 18.0 Å². The van der Waals surface area contributed by atoms with Crippen LogP contribution in [0.25, 0.3) is 0 Å². The Bertz CT molecular complexity index is 1700. The van der Waals surface area contributed by atoms with Crippen LogP contribution in [0.3, 0.4) is 0 Å². The molecule has 4 aromatic carbocycles. The molecule has 4 rings (SSSR count). The number of amides is 2. The summed E-state index contributed by atoms with van der Waals surface area (Å²) in [5.41, 5.74) is 1.70. The van der Waals surface area contributed by atoms with Crippen LogP contribution in [0.1, 0.15) is 25.0 Å². The molecule has 0 aliphatic heterocycles. The van der Waals surface area contributed by atoms with E-state index in [4.69, 9.17) is 27.9 Å². The largest absolute Gasteiger partial charge is 0.492 e. The van der Waals surface area contributed by atoms with E-state index in [1.807, 2.05) is 30.3 Å². The average molecular weight is 669 g/mol. The van der Waals surface area contributed by atoms with E-state index >= 15 is 0 Å². The van der Waals surface area contributed by atoms with Crippen LogP contribution in [0, 0.1) is 0 Å². The molecule has 1 N–H and O–H groups in total. The fraction of sp³-hybridized carbons (Fsp3) is 0.235. The SMILES string of the molecule is CCNC(=O)C(Cc1ccccc1)N(Cc1cccc(Cl)c1)C(=O)CN(c1ccccc1OCC)S(=O)(=O)c1ccc(Cl)cc1. The molecule has 0 fully saturated rings. The molecule has 4 aromatic rings. The van der Waals surface area contributed by atoms with Gasteiger partial charge >= 0.3 is 0 Å². The summed E-state index contributed by atoms with van der Waals surface area (Å²) in [6.07, 6.45) is 0.207. The van der Waals surface area contributed by atoms with Crippen molar-refractivity contribution >= 4 is 50.7 Å². The minimum atomic E-state index is -4.31. The van der Waals surface area contributed by atoms with E-state index in [-0.39, 0.29) is 41.8 Å². The zero-order valence-electron chi connectivity index (χ0n) is 25.0. The lowest BCUT2D eigenvalue weighted by molar-refractivity contribution is -0.140. The summed E-state index contributed by atoms with van der Waals surface area (Å²) >= 11 is 12.3. The highest BCUT2D eigenvalue weighted by Crippen LogP contribution is 2.33. The lowest BCUT2D eigenvalue weighted by Gasteiger charge is -2.34. The number of nitrogens with zero attached hydrogens (tertiary/aromatic N) is 2. The molecule has 0 aliphatic rings. The normalized spacial score (nSPS) is 11.8. The Labute approximate surface area is 274 Å². The molecule has 0 spiro atoms. The first-order valence-corrected chi connectivity index (χ1v) is 16.7. The highest BCUT2D eigenvalue weighted by atomic mass is 35.5. The van der Waals surface area contributed by atoms with Crippen molar-refractivity contribution in [3.8, 4) is 5.75 Å². The number of nitrogens with one attached hydrogen (secondary N) is 1. The van der Waals surface area contributed by atoms with Gasteiger partial charge in [0.15, 0.2) is 0 Å². The maximum atomic E-state index is 14.5. The zero-order valence-corrected chi connectivity index (χ0v) is 27.4. The van der Waals surface area contributed by atoms with E-state index < -0.39 is 28.5 Å². The second-order valence-electron chi connectivity index (χ2n) is 10.1. The fourth-order valence-corrected chi connectivity index (χ4v) is 6.63. The molecule has 0 radical (unpaired) electrons. The number of likely N-dealkylation sites (N-methyl/N-ethyl adjacent to an activating group) is 1. The summed E-state index contributed by atoms with van der Waals surface area (Å²) < 4.78 is 35.2. The topological polar surface area (TPSA) is 96.0 Å². The molecule has 8 nitrogen and oxygen atoms in total. The lowest BCUT2D eigenvalue weighted by atomic mass is 10.0. The minimum Gasteiger partial charge on any atom is -0.492 e. The van der Waals surface area contributed by atoms with E-state index in [1.165, 1.54) is 29.2 Å². The van der Waals surface area contributed by atoms with Crippen LogP contribution in [-0.2, 0) is 32.6 Å². The number of halogens is 2. The number of sulfonamides is 1. The van der Waals surface area contributed by atoms with Crippen LogP contribution in [0.4, 0.5) is 5.69 Å². The van der Waals surface area contributed by atoms with Crippen molar-refractivity contribution in [2.24, 2.45) is 0 Å². The number of anilines is 1. The van der Waals surface area contributed by atoms with Gasteiger partial charge in [-0.2, -0.15) is 0 Å². The van der Waals surface area contributed by atoms with E-state index in [2.05, 4.69) is 5.32 Å². The predicted octanol–water partition coefficient (Wildman–Crippen LogP) is 6.36. The summed E-state index contributed by atoms with van der Waals surface area (Å²) in [6, 6.07) is 27.7. The average Bonchev–Trinajstić information content (AvgIpc) is 3.03. The molecule has 0 bridgehead atoms. The van der Waals surface area contributed by atoms with Gasteiger partial charge in [0, 0.05) is 29.6 Å². The van der Waals surface area contributed by atoms with Gasteiger partial charge in [0.05, 0.1) is 17.2 Å². The fourth-order valence-electron chi connectivity index (χ4n) is 4.87. The van der Waals surface area contributed by atoms with Gasteiger partial charge in [-0.1, -0.05) is 77.8 Å². The number of carbonyl (C=O) groups excluding carboxylic acids is 2. The molecule has 45 heavy (non-hydrogen) atoms. The standard InChI is InChI=1S/C34H35Cl2N3O5S/c1-3-37-34(41)31(22-25-11-6-5-7-12-25)38(23-26-13-10-14-28(36)21-26)33(40)24-39(30-15-8-9-16-32(30)44-4-2)45(42,43)29-19-17-27(35)18-20-29/h5-21,31H,3-4,22-24H2,1-2H3,(H,37,41). The van der Waals surface area contributed by atoms with Gasteiger partial charge in [-0.05, 0) is 73.5 Å². The van der Waals surface area contributed by atoms with Gasteiger partial charge in [0.2, 0.25) is 11.8 Å². The zero-order chi connectivity index (χ0) is 32.4. The highest BCUT2D eigenvalue weighted by molar-refractivity contribution is 7.92. The number of para-hydroxylation sites is 2. The number of benzene rings is 4. The number of rotatable bonds is 14. The second kappa shape index (κ2) is 15.8. The van der Waals surface area contributed by atoms with Crippen molar-refractivity contribution in [3.05, 3.63) is 124 Å². The predicted molar refractivity (Wildman–Crippen MR) is 178 cm³/mol. The maximum absolute atomic E-state index is 14.5. The van der Waals surface area contributed by atoms with Gasteiger partial charge in [-0.3, -0.25) is 13.9 Å². The summed E-state index contributed by atoms with van der Waals surface area (Å²) in [7, 11) is -4.31. The molecule has 2 amide bonds. The molecule has 0 heterocycles. The molecule has 0 saturated carbocycles. The van der Waals surface area contributed by atoms with Crippen molar-refractivity contribution in [3.63, 3.8) is 0 Å². The maximum Gasteiger partial charge on any atom is 0.264 e. The minimum absolute atomic E-state index is 0.00989. The Morgan fingerprint density at radius 1 is 0.822 bits per heavy atom. The Hall–Kier alpha value is -4.05. The van der Waals surface area contributed by atoms with Crippen LogP contribution in [-0.4, -0.2) is 50.9 Å². The van der Waals surface area contributed by atoms with E-state index in [0.29, 0.717) is 22.2 Å². The van der Waals surface area contributed by atoms with Crippen LogP contribution >= 0.6 is 23.2 Å². The van der Waals surface area contributed by atoms with Crippen molar-refractivity contribution < 1.29 is 22.7 Å². The third-order valence-corrected chi connectivity index (χ3v) is 9.24. The quantitative estimate of drug-likeness (QED) is 0.169. The van der Waals surface area contributed by atoms with Gasteiger partial charge in [0.1, 0.15) is 18.3 Å². The van der Waals surface area contributed by atoms with Gasteiger partial charge < -0.3 is 15.0 Å². The molecular formula is C34H35Cl2N3O5S. The first kappa shape index (κ1) is 33.8. The van der Waals surface area contributed by atoms with Crippen LogP contribution < -0.4 is 14.4 Å². The Morgan fingerprint density at radius 3 is 2.16 bits per heavy atom. The van der Waals surface area contributed by atoms with Crippen LogP contribution in [0.5, 0.6) is 5.75 Å². The summed E-state index contributed by atoms with van der Waals surface area (Å²) in [6.45, 7) is 3.61. The van der Waals surface area contributed by atoms with Crippen molar-refractivity contribution in [1.82, 2.24) is 10.2 Å². The third kappa shape index (κ3) is 8.78. The Kier molecular flexibility index (Phi) is 11.9. The first-order chi connectivity index (χ1) is 21.6. The Morgan fingerprint density at radius 2 is 1.49 bits per heavy atom. The van der Waals surface area contributed by atoms with Gasteiger partial charge in [-0.15, -0.1) is 0 Å². The molecule has 11 heteroatoms. The van der Waals surface area contributed by atoms with Crippen LogP contribution in [0.15, 0.2) is 108 Å². The van der Waals surface area contributed by atoms with Crippen molar-refractivity contribution in [2.75, 3.05) is 24.0 Å². The van der Waals surface area contributed by atoms with Gasteiger partial charge in [-0.25, -0.2) is 8.42 Å². The molecule has 1 atom stereocenters. The lowest BCUT2D eigenvalue weighted by Crippen LogP contribution is -2.53. The monoisotopic (exact) mass is 667 g/mol. The molecule has 0 saturated heterocycles. The molecule has 236 valence electrons. The number of ether oxygens (including phenoxy) is 1. The Balaban J connectivity index is 1.83. The summed E-state index contributed by atoms with van der Waals surface area (Å²) in [5.74, 6) is -0.666. The number of hydrogen-bond acceptors (Lipinski definition) is 5. The molecule has 1 unspecified atom stereocenters. The molecular weight excluding hydrogens is 633 g/mol. The number of hydrogen-bond donors (Lipinski definition) is 1. The highest BCUT2D eigenvalue weighted by Gasteiger charge is 2.35.